The van der Waals surface area contributed by atoms with Crippen LogP contribution in [-0.2, 0) is 4.79 Å². The van der Waals surface area contributed by atoms with Gasteiger partial charge in [0.2, 0.25) is 0 Å². The highest BCUT2D eigenvalue weighted by molar-refractivity contribution is 5.70. The number of aromatic nitrogens is 1. The lowest BCUT2D eigenvalue weighted by atomic mass is 10.2. The summed E-state index contributed by atoms with van der Waals surface area (Å²) in [6.45, 7) is 1.85. The molecule has 0 atom stereocenters. The quantitative estimate of drug-likeness (QED) is 0.757. The van der Waals surface area contributed by atoms with E-state index in [0.29, 0.717) is 5.56 Å². The fourth-order valence-electron chi connectivity index (χ4n) is 1.03. The Bertz CT molecular complexity index is 418. The van der Waals surface area contributed by atoms with Crippen molar-refractivity contribution < 1.29 is 9.90 Å². The number of carbonyl (C=O) groups is 1. The summed E-state index contributed by atoms with van der Waals surface area (Å²) in [6.07, 6.45) is 4.50. The molecule has 1 heterocycles. The Balaban J connectivity index is 2.86. The first-order valence-corrected chi connectivity index (χ1v) is 4.17. The molecule has 4 heteroatoms. The van der Waals surface area contributed by atoms with Crippen LogP contribution in [-0.4, -0.2) is 16.1 Å². The Labute approximate surface area is 80.9 Å². The first-order chi connectivity index (χ1) is 6.59. The number of H-pyrrole nitrogens is 1. The zero-order valence-electron chi connectivity index (χ0n) is 7.78. The smallest absolute Gasteiger partial charge is 0.307 e. The fraction of sp³-hybridized carbons (Fsp3) is 0.200. The van der Waals surface area contributed by atoms with Gasteiger partial charge in [0.1, 0.15) is 0 Å². The van der Waals surface area contributed by atoms with E-state index in [0.717, 1.165) is 5.56 Å². The third kappa shape index (κ3) is 2.90. The normalized spacial score (nSPS) is 10.6. The second kappa shape index (κ2) is 4.41. The number of carboxylic acid groups (broad SMARTS) is 1. The number of aromatic amines is 1. The number of hydrogen-bond donors (Lipinski definition) is 2. The van der Waals surface area contributed by atoms with Gasteiger partial charge in [0.15, 0.2) is 0 Å². The first-order valence-electron chi connectivity index (χ1n) is 4.17. The van der Waals surface area contributed by atoms with E-state index < -0.39 is 5.97 Å². The van der Waals surface area contributed by atoms with Crippen molar-refractivity contribution in [2.24, 2.45) is 0 Å². The minimum absolute atomic E-state index is 0.0760. The Kier molecular flexibility index (Phi) is 3.23. The van der Waals surface area contributed by atoms with Gasteiger partial charge in [-0.15, -0.1) is 0 Å². The van der Waals surface area contributed by atoms with Gasteiger partial charge in [0.25, 0.3) is 5.56 Å². The molecule has 74 valence electrons. The van der Waals surface area contributed by atoms with Crippen LogP contribution in [0.1, 0.15) is 17.5 Å². The molecule has 0 radical (unpaired) electrons. The van der Waals surface area contributed by atoms with Crippen LogP contribution >= 0.6 is 0 Å². The Morgan fingerprint density at radius 3 is 3.00 bits per heavy atom. The van der Waals surface area contributed by atoms with Crippen molar-refractivity contribution >= 4 is 12.0 Å². The molecule has 4 nitrogen and oxygen atoms in total. The summed E-state index contributed by atoms with van der Waals surface area (Å²) in [4.78, 5) is 23.9. The molecule has 0 aliphatic rings. The molecule has 0 saturated heterocycles. The largest absolute Gasteiger partial charge is 0.481 e. The molecule has 1 aromatic rings. The summed E-state index contributed by atoms with van der Waals surface area (Å²) in [7, 11) is 0. The molecule has 0 aliphatic carbocycles. The van der Waals surface area contributed by atoms with Crippen LogP contribution in [0.15, 0.2) is 23.1 Å². The van der Waals surface area contributed by atoms with E-state index >= 15 is 0 Å². The first kappa shape index (κ1) is 10.2. The second-order valence-electron chi connectivity index (χ2n) is 2.96. The van der Waals surface area contributed by atoms with Gasteiger partial charge in [-0.25, -0.2) is 0 Å². The summed E-state index contributed by atoms with van der Waals surface area (Å²) >= 11 is 0. The van der Waals surface area contributed by atoms with Crippen LogP contribution in [0.25, 0.3) is 6.08 Å². The SMILES string of the molecule is Cc1c[nH]c(=O)c(C=CCC(=O)O)c1. The van der Waals surface area contributed by atoms with E-state index in [-0.39, 0.29) is 12.0 Å². The standard InChI is InChI=1S/C10H11NO3/c1-7-5-8(10(14)11-6-7)3-2-4-9(12)13/h2-3,5-6H,4H2,1H3,(H,11,14)(H,12,13). The fourth-order valence-corrected chi connectivity index (χ4v) is 1.03. The van der Waals surface area contributed by atoms with Gasteiger partial charge in [0, 0.05) is 11.8 Å². The summed E-state index contributed by atoms with van der Waals surface area (Å²) in [6, 6.07) is 1.71. The molecule has 0 bridgehead atoms. The zero-order valence-corrected chi connectivity index (χ0v) is 7.78. The summed E-state index contributed by atoms with van der Waals surface area (Å²) in [5.74, 6) is -0.912. The van der Waals surface area contributed by atoms with Crippen molar-refractivity contribution in [2.45, 2.75) is 13.3 Å². The Morgan fingerprint density at radius 1 is 1.64 bits per heavy atom. The Morgan fingerprint density at radius 2 is 2.36 bits per heavy atom. The van der Waals surface area contributed by atoms with Gasteiger partial charge in [-0.2, -0.15) is 0 Å². The summed E-state index contributed by atoms with van der Waals surface area (Å²) in [5.41, 5.74) is 1.20. The number of aliphatic carboxylic acids is 1. The molecule has 1 rings (SSSR count). The van der Waals surface area contributed by atoms with Gasteiger partial charge >= 0.3 is 5.97 Å². The molecule has 14 heavy (non-hydrogen) atoms. The van der Waals surface area contributed by atoms with E-state index in [1.807, 2.05) is 6.92 Å². The lowest BCUT2D eigenvalue weighted by molar-refractivity contribution is -0.135. The maximum Gasteiger partial charge on any atom is 0.307 e. The van der Waals surface area contributed by atoms with Crippen molar-refractivity contribution in [1.82, 2.24) is 4.98 Å². The van der Waals surface area contributed by atoms with Gasteiger partial charge in [-0.3, -0.25) is 9.59 Å². The van der Waals surface area contributed by atoms with Gasteiger partial charge in [-0.05, 0) is 18.6 Å². The van der Waals surface area contributed by atoms with E-state index in [2.05, 4.69) is 4.98 Å². The van der Waals surface area contributed by atoms with Gasteiger partial charge in [0.05, 0.1) is 6.42 Å². The average molecular weight is 193 g/mol. The molecule has 2 N–H and O–H groups in total. The maximum atomic E-state index is 11.2. The van der Waals surface area contributed by atoms with Crippen molar-refractivity contribution in [3.05, 3.63) is 39.8 Å². The number of pyridine rings is 1. The van der Waals surface area contributed by atoms with Crippen LogP contribution in [0.5, 0.6) is 0 Å². The lowest BCUT2D eigenvalue weighted by Gasteiger charge is -1.94. The van der Waals surface area contributed by atoms with Crippen molar-refractivity contribution in [3.63, 3.8) is 0 Å². The van der Waals surface area contributed by atoms with Crippen LogP contribution in [0.4, 0.5) is 0 Å². The molecule has 0 aromatic carbocycles. The predicted octanol–water partition coefficient (Wildman–Crippen LogP) is 1.17. The third-order valence-corrected chi connectivity index (χ3v) is 1.67. The highest BCUT2D eigenvalue weighted by Gasteiger charge is 1.95. The molecular weight excluding hydrogens is 182 g/mol. The predicted molar refractivity (Wildman–Crippen MR) is 53.1 cm³/mol. The highest BCUT2D eigenvalue weighted by atomic mass is 16.4. The molecule has 0 saturated carbocycles. The van der Waals surface area contributed by atoms with Gasteiger partial charge < -0.3 is 10.1 Å². The molecule has 0 unspecified atom stereocenters. The average Bonchev–Trinajstić information content (AvgIpc) is 2.10. The second-order valence-corrected chi connectivity index (χ2v) is 2.96. The van der Waals surface area contributed by atoms with Crippen molar-refractivity contribution in [1.29, 1.82) is 0 Å². The lowest BCUT2D eigenvalue weighted by Crippen LogP contribution is -2.08. The van der Waals surface area contributed by atoms with Crippen molar-refractivity contribution in [3.8, 4) is 0 Å². The number of rotatable bonds is 3. The van der Waals surface area contributed by atoms with E-state index in [4.69, 9.17) is 5.11 Å². The molecule has 0 fully saturated rings. The minimum Gasteiger partial charge on any atom is -0.481 e. The maximum absolute atomic E-state index is 11.2. The van der Waals surface area contributed by atoms with Crippen LogP contribution in [0, 0.1) is 6.92 Å². The zero-order chi connectivity index (χ0) is 10.6. The molecular formula is C10H11NO3. The number of hydrogen-bond acceptors (Lipinski definition) is 2. The molecule has 1 aromatic heterocycles. The third-order valence-electron chi connectivity index (χ3n) is 1.67. The van der Waals surface area contributed by atoms with E-state index in [1.165, 1.54) is 12.2 Å². The monoisotopic (exact) mass is 193 g/mol. The number of aryl methyl sites for hydroxylation is 1. The van der Waals surface area contributed by atoms with Crippen LogP contribution in [0.2, 0.25) is 0 Å². The van der Waals surface area contributed by atoms with Crippen LogP contribution < -0.4 is 5.56 Å². The minimum atomic E-state index is -0.912. The molecule has 0 aliphatic heterocycles. The number of nitrogens with one attached hydrogen (secondary N) is 1. The van der Waals surface area contributed by atoms with Crippen LogP contribution in [0.3, 0.4) is 0 Å². The van der Waals surface area contributed by atoms with Crippen molar-refractivity contribution in [2.75, 3.05) is 0 Å². The summed E-state index contributed by atoms with van der Waals surface area (Å²) in [5, 5.41) is 8.38. The molecule has 0 amide bonds. The van der Waals surface area contributed by atoms with E-state index in [9.17, 15) is 9.59 Å². The highest BCUT2D eigenvalue weighted by Crippen LogP contribution is 1.99. The summed E-state index contributed by atoms with van der Waals surface area (Å²) < 4.78 is 0. The van der Waals surface area contributed by atoms with Gasteiger partial charge in [-0.1, -0.05) is 12.2 Å². The Hall–Kier alpha value is -1.84. The molecule has 0 spiro atoms. The number of carboxylic acids is 1. The topological polar surface area (TPSA) is 70.2 Å². The van der Waals surface area contributed by atoms with E-state index in [1.54, 1.807) is 12.3 Å².